The van der Waals surface area contributed by atoms with Crippen molar-refractivity contribution in [2.75, 3.05) is 5.32 Å². The van der Waals surface area contributed by atoms with Crippen molar-refractivity contribution in [2.45, 2.75) is 25.7 Å². The number of benzene rings is 1. The zero-order chi connectivity index (χ0) is 12.5. The Morgan fingerprint density at radius 2 is 1.81 bits per heavy atom. The number of carbonyl (C=O) groups excluding carboxylic acids is 1. The molecule has 1 amide bonds. The van der Waals surface area contributed by atoms with E-state index in [-0.39, 0.29) is 10.8 Å². The second-order valence-corrected chi connectivity index (χ2v) is 5.12. The molecule has 1 rings (SSSR count). The molecule has 3 N–H and O–H groups in total. The minimum Gasteiger partial charge on any atom is -0.326 e. The van der Waals surface area contributed by atoms with Crippen molar-refractivity contribution < 1.29 is 13.2 Å². The number of primary sulfonamides is 1. The van der Waals surface area contributed by atoms with Gasteiger partial charge in [-0.1, -0.05) is 0 Å². The van der Waals surface area contributed by atoms with Gasteiger partial charge in [0.15, 0.2) is 0 Å². The van der Waals surface area contributed by atoms with Crippen molar-refractivity contribution in [3.63, 3.8) is 0 Å². The Morgan fingerprint density at radius 3 is 2.25 bits per heavy atom. The highest BCUT2D eigenvalue weighted by Crippen LogP contribution is 2.24. The number of nitrogens with one attached hydrogen (secondary N) is 1. The van der Waals surface area contributed by atoms with E-state index in [9.17, 15) is 13.2 Å². The molecule has 0 aliphatic carbocycles. The molecule has 0 saturated carbocycles. The fourth-order valence-electron chi connectivity index (χ4n) is 1.43. The van der Waals surface area contributed by atoms with Crippen LogP contribution >= 0.6 is 0 Å². The van der Waals surface area contributed by atoms with Gasteiger partial charge < -0.3 is 5.32 Å². The quantitative estimate of drug-likeness (QED) is 0.807. The summed E-state index contributed by atoms with van der Waals surface area (Å²) in [4.78, 5) is 11.0. The molecule has 0 unspecified atom stereocenters. The van der Waals surface area contributed by atoms with E-state index in [1.807, 2.05) is 0 Å². The van der Waals surface area contributed by atoms with Crippen LogP contribution in [-0.2, 0) is 14.8 Å². The molecule has 6 heteroatoms. The minimum absolute atomic E-state index is 0.0825. The summed E-state index contributed by atoms with van der Waals surface area (Å²) in [6.07, 6.45) is 0. The topological polar surface area (TPSA) is 89.3 Å². The van der Waals surface area contributed by atoms with Gasteiger partial charge in [0.05, 0.1) is 4.90 Å². The molecule has 0 radical (unpaired) electrons. The molecular weight excluding hydrogens is 228 g/mol. The molecule has 1 aromatic carbocycles. The third kappa shape index (κ3) is 2.59. The average molecular weight is 242 g/mol. The van der Waals surface area contributed by atoms with E-state index in [0.29, 0.717) is 16.8 Å². The SMILES string of the molecule is CC(=O)Nc1ccc(S(N)(=O)=O)c(C)c1C. The van der Waals surface area contributed by atoms with Crippen molar-refractivity contribution >= 4 is 21.6 Å². The molecule has 0 spiro atoms. The average Bonchev–Trinajstić information content (AvgIpc) is 2.10. The summed E-state index contributed by atoms with van der Waals surface area (Å²) in [6, 6.07) is 2.92. The lowest BCUT2D eigenvalue weighted by Crippen LogP contribution is -2.15. The molecule has 88 valence electrons. The first-order valence-corrected chi connectivity index (χ1v) is 6.18. The lowest BCUT2D eigenvalue weighted by Gasteiger charge is -2.12. The summed E-state index contributed by atoms with van der Waals surface area (Å²) in [6.45, 7) is 4.78. The maximum absolute atomic E-state index is 11.2. The molecule has 0 aliphatic rings. The van der Waals surface area contributed by atoms with Gasteiger partial charge in [-0.05, 0) is 37.1 Å². The Hall–Kier alpha value is -1.40. The summed E-state index contributed by atoms with van der Waals surface area (Å²) in [5.74, 6) is -0.203. The molecule has 1 aromatic rings. The van der Waals surface area contributed by atoms with Crippen LogP contribution in [0.4, 0.5) is 5.69 Å². The van der Waals surface area contributed by atoms with Crippen LogP contribution in [0.25, 0.3) is 0 Å². The van der Waals surface area contributed by atoms with Crippen molar-refractivity contribution in [2.24, 2.45) is 5.14 Å². The maximum Gasteiger partial charge on any atom is 0.238 e. The van der Waals surface area contributed by atoms with Crippen LogP contribution in [0, 0.1) is 13.8 Å². The van der Waals surface area contributed by atoms with Crippen molar-refractivity contribution in [3.8, 4) is 0 Å². The van der Waals surface area contributed by atoms with Gasteiger partial charge in [0.2, 0.25) is 15.9 Å². The van der Waals surface area contributed by atoms with Gasteiger partial charge in [0, 0.05) is 12.6 Å². The molecule has 0 saturated heterocycles. The number of hydrogen-bond acceptors (Lipinski definition) is 3. The van der Waals surface area contributed by atoms with Gasteiger partial charge in [-0.2, -0.15) is 0 Å². The van der Waals surface area contributed by atoms with E-state index in [1.165, 1.54) is 19.1 Å². The Labute approximate surface area is 94.7 Å². The van der Waals surface area contributed by atoms with Crippen LogP contribution in [0.2, 0.25) is 0 Å². The van der Waals surface area contributed by atoms with Crippen LogP contribution in [-0.4, -0.2) is 14.3 Å². The van der Waals surface area contributed by atoms with Gasteiger partial charge in [0.1, 0.15) is 0 Å². The van der Waals surface area contributed by atoms with E-state index in [2.05, 4.69) is 5.32 Å². The van der Waals surface area contributed by atoms with Crippen LogP contribution in [0.1, 0.15) is 18.1 Å². The fraction of sp³-hybridized carbons (Fsp3) is 0.300. The highest BCUT2D eigenvalue weighted by molar-refractivity contribution is 7.89. The van der Waals surface area contributed by atoms with E-state index in [4.69, 9.17) is 5.14 Å². The fourth-order valence-corrected chi connectivity index (χ4v) is 2.27. The third-order valence-electron chi connectivity index (χ3n) is 2.35. The number of nitrogens with two attached hydrogens (primary N) is 1. The number of sulfonamides is 1. The smallest absolute Gasteiger partial charge is 0.238 e. The molecule has 0 heterocycles. The second-order valence-electron chi connectivity index (χ2n) is 3.59. The highest BCUT2D eigenvalue weighted by atomic mass is 32.2. The van der Waals surface area contributed by atoms with Gasteiger partial charge in [-0.15, -0.1) is 0 Å². The number of hydrogen-bond donors (Lipinski definition) is 2. The molecule has 0 aliphatic heterocycles. The Kier molecular flexibility index (Phi) is 3.35. The van der Waals surface area contributed by atoms with E-state index in [1.54, 1.807) is 13.8 Å². The lowest BCUT2D eigenvalue weighted by atomic mass is 10.1. The molecule has 0 bridgehead atoms. The first-order chi connectivity index (χ1) is 7.23. The monoisotopic (exact) mass is 242 g/mol. The Balaban J connectivity index is 3.35. The first-order valence-electron chi connectivity index (χ1n) is 4.64. The zero-order valence-electron chi connectivity index (χ0n) is 9.37. The third-order valence-corrected chi connectivity index (χ3v) is 3.41. The Morgan fingerprint density at radius 1 is 1.25 bits per heavy atom. The molecule has 0 fully saturated rings. The van der Waals surface area contributed by atoms with Crippen molar-refractivity contribution in [1.82, 2.24) is 0 Å². The number of anilines is 1. The minimum atomic E-state index is -3.71. The second kappa shape index (κ2) is 4.23. The van der Waals surface area contributed by atoms with Crippen LogP contribution in [0.15, 0.2) is 17.0 Å². The summed E-state index contributed by atoms with van der Waals surface area (Å²) < 4.78 is 22.5. The maximum atomic E-state index is 11.2. The molecule has 0 aromatic heterocycles. The van der Waals surface area contributed by atoms with Gasteiger partial charge >= 0.3 is 0 Å². The molecular formula is C10H14N2O3S. The Bertz CT molecular complexity index is 535. The molecule has 5 nitrogen and oxygen atoms in total. The van der Waals surface area contributed by atoms with Gasteiger partial charge in [0.25, 0.3) is 0 Å². The number of rotatable bonds is 2. The van der Waals surface area contributed by atoms with Crippen LogP contribution in [0.5, 0.6) is 0 Å². The zero-order valence-corrected chi connectivity index (χ0v) is 10.2. The van der Waals surface area contributed by atoms with Gasteiger partial charge in [-0.25, -0.2) is 13.6 Å². The van der Waals surface area contributed by atoms with E-state index < -0.39 is 10.0 Å². The highest BCUT2D eigenvalue weighted by Gasteiger charge is 2.14. The summed E-state index contributed by atoms with van der Waals surface area (Å²) >= 11 is 0. The summed E-state index contributed by atoms with van der Waals surface area (Å²) in [5.41, 5.74) is 1.84. The van der Waals surface area contributed by atoms with Gasteiger partial charge in [-0.3, -0.25) is 4.79 Å². The lowest BCUT2D eigenvalue weighted by molar-refractivity contribution is -0.114. The summed E-state index contributed by atoms with van der Waals surface area (Å²) in [5, 5.41) is 7.68. The molecule has 16 heavy (non-hydrogen) atoms. The van der Waals surface area contributed by atoms with E-state index in [0.717, 1.165) is 0 Å². The predicted octanol–water partition coefficient (Wildman–Crippen LogP) is 0.909. The van der Waals surface area contributed by atoms with Crippen LogP contribution < -0.4 is 10.5 Å². The number of carbonyl (C=O) groups is 1. The first kappa shape index (κ1) is 12.7. The predicted molar refractivity (Wildman–Crippen MR) is 61.6 cm³/mol. The van der Waals surface area contributed by atoms with Crippen molar-refractivity contribution in [3.05, 3.63) is 23.3 Å². The number of amides is 1. The van der Waals surface area contributed by atoms with Crippen LogP contribution in [0.3, 0.4) is 0 Å². The van der Waals surface area contributed by atoms with Crippen molar-refractivity contribution in [1.29, 1.82) is 0 Å². The molecule has 0 atom stereocenters. The van der Waals surface area contributed by atoms with E-state index >= 15 is 0 Å². The normalized spacial score (nSPS) is 11.2. The summed E-state index contributed by atoms with van der Waals surface area (Å²) in [7, 11) is -3.71. The standard InChI is InChI=1S/C10H14N2O3S/c1-6-7(2)10(16(11,14)15)5-4-9(6)12-8(3)13/h4-5H,1-3H3,(H,12,13)(H2,11,14,15). The largest absolute Gasteiger partial charge is 0.326 e.